The fraction of sp³-hybridized carbons (Fsp3) is 0.562. The van der Waals surface area contributed by atoms with Gasteiger partial charge >= 0.3 is 12.3 Å². The lowest BCUT2D eigenvalue weighted by atomic mass is 9.76. The second-order valence-electron chi connectivity index (χ2n) is 6.50. The van der Waals surface area contributed by atoms with Crippen LogP contribution in [0.4, 0.5) is 23.7 Å². The molecule has 0 bridgehead atoms. The summed E-state index contributed by atoms with van der Waals surface area (Å²) in [5.74, 6) is 0.0732. The minimum atomic E-state index is -4.65. The third kappa shape index (κ3) is 3.57. The molecule has 1 saturated carbocycles. The number of cyclic esters (lactones) is 1. The Morgan fingerprint density at radius 3 is 2.68 bits per heavy atom. The molecule has 1 fully saturated rings. The number of rotatable bonds is 4. The summed E-state index contributed by atoms with van der Waals surface area (Å²) >= 11 is 3.16. The molecule has 1 aromatic carbocycles. The molecule has 25 heavy (non-hydrogen) atoms. The second kappa shape index (κ2) is 6.35. The van der Waals surface area contributed by atoms with Crippen LogP contribution in [-0.2, 0) is 17.5 Å². The van der Waals surface area contributed by atoms with Gasteiger partial charge in [0, 0.05) is 16.9 Å². The van der Waals surface area contributed by atoms with E-state index in [1.807, 2.05) is 0 Å². The molecule has 1 amide bonds. The Morgan fingerprint density at radius 1 is 1.44 bits per heavy atom. The third-order valence-electron chi connectivity index (χ3n) is 4.32. The lowest BCUT2D eigenvalue weighted by molar-refractivity contribution is -0.137. The summed E-state index contributed by atoms with van der Waals surface area (Å²) in [6, 6.07) is 1.84. The van der Waals surface area contributed by atoms with Crippen LogP contribution in [0, 0.1) is 0 Å². The number of fused-ring (bicyclic) bond motifs is 1. The number of nitrogens with zero attached hydrogens (tertiary/aromatic N) is 1. The van der Waals surface area contributed by atoms with Crippen LogP contribution < -0.4 is 9.64 Å². The number of aliphatic hydroxyl groups is 1. The molecule has 1 aliphatic carbocycles. The first kappa shape index (κ1) is 18.3. The van der Waals surface area contributed by atoms with E-state index >= 15 is 0 Å². The summed E-state index contributed by atoms with van der Waals surface area (Å²) in [5.41, 5.74) is -1.88. The molecule has 5 nitrogen and oxygen atoms in total. The first-order valence-corrected chi connectivity index (χ1v) is 8.86. The van der Waals surface area contributed by atoms with Gasteiger partial charge in [0.05, 0.1) is 23.5 Å². The van der Waals surface area contributed by atoms with Gasteiger partial charge in [0.25, 0.3) is 0 Å². The fourth-order valence-electron chi connectivity index (χ4n) is 3.29. The highest BCUT2D eigenvalue weighted by molar-refractivity contribution is 9.09. The summed E-state index contributed by atoms with van der Waals surface area (Å²) in [7, 11) is 0. The van der Waals surface area contributed by atoms with E-state index in [2.05, 4.69) is 15.9 Å². The van der Waals surface area contributed by atoms with Crippen molar-refractivity contribution in [2.45, 2.75) is 44.2 Å². The molecule has 1 aliphatic heterocycles. The van der Waals surface area contributed by atoms with Crippen LogP contribution in [0.25, 0.3) is 0 Å². The number of carbonyl (C=O) groups is 1. The normalized spacial score (nSPS) is 25.9. The highest BCUT2D eigenvalue weighted by atomic mass is 79.9. The summed E-state index contributed by atoms with van der Waals surface area (Å²) in [6.07, 6.45) is -5.09. The van der Waals surface area contributed by atoms with Gasteiger partial charge in [0.1, 0.15) is 12.4 Å². The second-order valence-corrected chi connectivity index (χ2v) is 7.29. The zero-order chi connectivity index (χ0) is 18.4. The summed E-state index contributed by atoms with van der Waals surface area (Å²) in [4.78, 5) is 13.2. The van der Waals surface area contributed by atoms with E-state index in [0.717, 1.165) is 11.0 Å². The summed E-state index contributed by atoms with van der Waals surface area (Å²) in [5, 5.41) is 10.4. The van der Waals surface area contributed by atoms with E-state index in [1.165, 1.54) is 6.07 Å². The highest BCUT2D eigenvalue weighted by Crippen LogP contribution is 2.47. The quantitative estimate of drug-likeness (QED) is 0.747. The lowest BCUT2D eigenvalue weighted by Crippen LogP contribution is -2.57. The van der Waals surface area contributed by atoms with E-state index in [0.29, 0.717) is 5.33 Å². The van der Waals surface area contributed by atoms with E-state index in [9.17, 15) is 23.1 Å². The smallest absolute Gasteiger partial charge is 0.418 e. The number of ether oxygens (including phenoxy) is 2. The van der Waals surface area contributed by atoms with Crippen molar-refractivity contribution in [2.24, 2.45) is 0 Å². The van der Waals surface area contributed by atoms with Gasteiger partial charge in [-0.2, -0.15) is 13.2 Å². The lowest BCUT2D eigenvalue weighted by Gasteiger charge is -2.48. The van der Waals surface area contributed by atoms with Crippen LogP contribution in [0.15, 0.2) is 12.1 Å². The molecule has 1 heterocycles. The number of amides is 1. The SMILES string of the molecule is CC1(O)CC(N2C(=O)OCc3cc(OCCBr)cc(C(F)(F)F)c32)C1. The molecule has 0 aromatic heterocycles. The van der Waals surface area contributed by atoms with Crippen molar-refractivity contribution in [1.29, 1.82) is 0 Å². The summed E-state index contributed by atoms with van der Waals surface area (Å²) in [6.45, 7) is 1.55. The van der Waals surface area contributed by atoms with Crippen molar-refractivity contribution in [3.8, 4) is 5.75 Å². The van der Waals surface area contributed by atoms with Crippen molar-refractivity contribution in [2.75, 3.05) is 16.8 Å². The monoisotopic (exact) mass is 423 g/mol. The average molecular weight is 424 g/mol. The Bertz CT molecular complexity index is 685. The summed E-state index contributed by atoms with van der Waals surface area (Å²) < 4.78 is 51.2. The number of alkyl halides is 4. The molecule has 1 aromatic rings. The number of hydrogen-bond donors (Lipinski definition) is 1. The maximum atomic E-state index is 13.6. The van der Waals surface area contributed by atoms with Crippen LogP contribution in [0.2, 0.25) is 0 Å². The molecule has 9 heteroatoms. The Morgan fingerprint density at radius 2 is 2.12 bits per heavy atom. The van der Waals surface area contributed by atoms with Crippen molar-refractivity contribution < 1.29 is 32.5 Å². The maximum Gasteiger partial charge on any atom is 0.418 e. The third-order valence-corrected chi connectivity index (χ3v) is 4.64. The van der Waals surface area contributed by atoms with Gasteiger partial charge in [-0.05, 0) is 31.9 Å². The highest BCUT2D eigenvalue weighted by Gasteiger charge is 2.49. The van der Waals surface area contributed by atoms with Crippen molar-refractivity contribution >= 4 is 27.7 Å². The van der Waals surface area contributed by atoms with Gasteiger partial charge in [-0.15, -0.1) is 0 Å². The average Bonchev–Trinajstić information content (AvgIpc) is 2.49. The minimum absolute atomic E-state index is 0.0732. The van der Waals surface area contributed by atoms with Gasteiger partial charge in [-0.1, -0.05) is 15.9 Å². The van der Waals surface area contributed by atoms with Gasteiger partial charge in [0.2, 0.25) is 0 Å². The van der Waals surface area contributed by atoms with Crippen molar-refractivity contribution in [3.63, 3.8) is 0 Å². The standard InChI is InChI=1S/C16H17BrF3NO4/c1-15(23)6-10(7-15)21-13-9(8-25-14(21)22)4-11(24-3-2-17)5-12(13)16(18,19)20/h4-5,10,23H,2-3,6-8H2,1H3. The number of benzene rings is 1. The number of carbonyl (C=O) groups excluding carboxylic acids is 1. The largest absolute Gasteiger partial charge is 0.493 e. The topological polar surface area (TPSA) is 59.0 Å². The Hall–Kier alpha value is -1.48. The Labute approximate surface area is 150 Å². The van der Waals surface area contributed by atoms with Crippen LogP contribution in [0.1, 0.15) is 30.9 Å². The number of anilines is 1. The fourth-order valence-corrected chi connectivity index (χ4v) is 3.45. The van der Waals surface area contributed by atoms with E-state index in [4.69, 9.17) is 9.47 Å². The van der Waals surface area contributed by atoms with Crippen LogP contribution in [0.3, 0.4) is 0 Å². The number of hydrogen-bond acceptors (Lipinski definition) is 4. The van der Waals surface area contributed by atoms with Crippen LogP contribution in [-0.4, -0.2) is 34.8 Å². The zero-order valence-corrected chi connectivity index (χ0v) is 15.0. The maximum absolute atomic E-state index is 13.6. The van der Waals surface area contributed by atoms with Crippen LogP contribution >= 0.6 is 15.9 Å². The molecule has 0 spiro atoms. The zero-order valence-electron chi connectivity index (χ0n) is 13.4. The van der Waals surface area contributed by atoms with E-state index < -0.39 is 29.5 Å². The van der Waals surface area contributed by atoms with E-state index in [-0.39, 0.29) is 43.1 Å². The van der Waals surface area contributed by atoms with Gasteiger partial charge < -0.3 is 14.6 Å². The first-order chi connectivity index (χ1) is 11.6. The molecule has 1 N–H and O–H groups in total. The molecule has 138 valence electrons. The molecule has 0 unspecified atom stereocenters. The van der Waals surface area contributed by atoms with Crippen molar-refractivity contribution in [1.82, 2.24) is 0 Å². The minimum Gasteiger partial charge on any atom is -0.493 e. The molecule has 0 saturated heterocycles. The predicted molar refractivity (Wildman–Crippen MR) is 87.0 cm³/mol. The van der Waals surface area contributed by atoms with Gasteiger partial charge in [0.15, 0.2) is 0 Å². The first-order valence-electron chi connectivity index (χ1n) is 7.73. The Balaban J connectivity index is 2.06. The number of halogens is 4. The molecule has 0 radical (unpaired) electrons. The molecule has 2 aliphatic rings. The van der Waals surface area contributed by atoms with E-state index in [1.54, 1.807) is 6.92 Å². The van der Waals surface area contributed by atoms with Gasteiger partial charge in [-0.3, -0.25) is 4.90 Å². The van der Waals surface area contributed by atoms with Crippen LogP contribution in [0.5, 0.6) is 5.75 Å². The van der Waals surface area contributed by atoms with Crippen molar-refractivity contribution in [3.05, 3.63) is 23.3 Å². The molecular weight excluding hydrogens is 407 g/mol. The van der Waals surface area contributed by atoms with Gasteiger partial charge in [-0.25, -0.2) is 4.79 Å². The molecule has 3 rings (SSSR count). The Kier molecular flexibility index (Phi) is 4.65. The molecule has 0 atom stereocenters. The molecular formula is C16H17BrF3NO4. The predicted octanol–water partition coefficient (Wildman–Crippen LogP) is 3.85.